The lowest BCUT2D eigenvalue weighted by molar-refractivity contribution is -0.0605. The number of fused-ring (bicyclic) bond motifs is 1. The van der Waals surface area contributed by atoms with Gasteiger partial charge < -0.3 is 4.98 Å². The smallest absolute Gasteiger partial charge is 0.361 e. The van der Waals surface area contributed by atoms with E-state index in [1.807, 2.05) is 5.43 Å². The molecule has 26 heavy (non-hydrogen) atoms. The predicted octanol–water partition coefficient (Wildman–Crippen LogP) is 4.15. The third-order valence-electron chi connectivity index (χ3n) is 3.58. The number of benzene rings is 1. The second-order valence-corrected chi connectivity index (χ2v) is 6.27. The van der Waals surface area contributed by atoms with E-state index in [9.17, 15) is 22.8 Å². The average Bonchev–Trinajstić information content (AvgIpc) is 3.27. The van der Waals surface area contributed by atoms with E-state index in [1.165, 1.54) is 12.1 Å². The maximum atomic E-state index is 13.1. The number of alkyl halides is 3. The second kappa shape index (κ2) is 7.12. The van der Waals surface area contributed by atoms with E-state index in [0.29, 0.717) is 5.52 Å². The van der Waals surface area contributed by atoms with Gasteiger partial charge in [0.25, 0.3) is 5.91 Å². The van der Waals surface area contributed by atoms with Gasteiger partial charge in [0.1, 0.15) is 5.71 Å². The molecule has 0 atom stereocenters. The van der Waals surface area contributed by atoms with Gasteiger partial charge in [0.05, 0.1) is 22.4 Å². The number of hydrogen-bond donors (Lipinski definition) is 2. The molecule has 0 spiro atoms. The number of ketones is 1. The van der Waals surface area contributed by atoms with Crippen molar-refractivity contribution in [3.63, 3.8) is 0 Å². The molecule has 9 heteroatoms. The molecule has 3 rings (SSSR count). The summed E-state index contributed by atoms with van der Waals surface area (Å²) >= 11 is 1.04. The number of hydrogen-bond acceptors (Lipinski definition) is 4. The number of carbonyl (C=O) groups is 2. The Morgan fingerprint density at radius 1 is 1.15 bits per heavy atom. The lowest BCUT2D eigenvalue weighted by Crippen LogP contribution is -2.30. The molecule has 134 valence electrons. The fraction of sp³-hybridized carbons (Fsp3) is 0.118. The molecular formula is C17H12F3N3O2S. The van der Waals surface area contributed by atoms with Gasteiger partial charge in [-0.2, -0.15) is 18.3 Å². The van der Waals surface area contributed by atoms with Crippen LogP contribution < -0.4 is 5.43 Å². The Morgan fingerprint density at radius 2 is 1.96 bits per heavy atom. The summed E-state index contributed by atoms with van der Waals surface area (Å²) in [6, 6.07) is 9.57. The maximum Gasteiger partial charge on any atom is 0.431 e. The number of thiophene rings is 1. The van der Waals surface area contributed by atoms with Crippen LogP contribution in [0.4, 0.5) is 13.2 Å². The van der Waals surface area contributed by atoms with Crippen LogP contribution in [-0.4, -0.2) is 28.6 Å². The van der Waals surface area contributed by atoms with Gasteiger partial charge in [-0.05, 0) is 23.6 Å². The quantitative estimate of drug-likeness (QED) is 0.397. The molecule has 0 saturated carbocycles. The number of carbonyl (C=O) groups excluding carboxylic acids is 2. The van der Waals surface area contributed by atoms with Crippen molar-refractivity contribution in [1.82, 2.24) is 10.4 Å². The van der Waals surface area contributed by atoms with Crippen LogP contribution in [-0.2, 0) is 0 Å². The van der Waals surface area contributed by atoms with Crippen LogP contribution in [0.1, 0.15) is 26.5 Å². The Hall–Kier alpha value is -2.94. The molecular weight excluding hydrogens is 367 g/mol. The molecule has 0 aliphatic carbocycles. The van der Waals surface area contributed by atoms with E-state index in [2.05, 4.69) is 10.1 Å². The summed E-state index contributed by atoms with van der Waals surface area (Å²) in [6.07, 6.45) is -4.17. The van der Waals surface area contributed by atoms with Crippen LogP contribution in [0.2, 0.25) is 0 Å². The van der Waals surface area contributed by atoms with Crippen molar-refractivity contribution in [3.05, 3.63) is 58.4 Å². The highest BCUT2D eigenvalue weighted by Gasteiger charge is 2.37. The van der Waals surface area contributed by atoms with Crippen LogP contribution in [0.25, 0.3) is 10.9 Å². The van der Waals surface area contributed by atoms with Gasteiger partial charge in [0.2, 0.25) is 0 Å². The van der Waals surface area contributed by atoms with Gasteiger partial charge in [-0.3, -0.25) is 9.59 Å². The molecule has 0 radical (unpaired) electrons. The highest BCUT2D eigenvalue weighted by atomic mass is 32.1. The molecule has 0 aliphatic rings. The molecule has 0 bridgehead atoms. The summed E-state index contributed by atoms with van der Waals surface area (Å²) < 4.78 is 39.4. The number of aromatic nitrogens is 1. The molecule has 5 nitrogen and oxygen atoms in total. The van der Waals surface area contributed by atoms with Gasteiger partial charge >= 0.3 is 6.18 Å². The number of amides is 1. The van der Waals surface area contributed by atoms with Crippen molar-refractivity contribution >= 4 is 39.6 Å². The second-order valence-electron chi connectivity index (χ2n) is 5.32. The van der Waals surface area contributed by atoms with Crippen molar-refractivity contribution in [1.29, 1.82) is 0 Å². The van der Waals surface area contributed by atoms with Crippen molar-refractivity contribution in [2.24, 2.45) is 5.10 Å². The summed E-state index contributed by atoms with van der Waals surface area (Å²) in [7, 11) is 0. The summed E-state index contributed by atoms with van der Waals surface area (Å²) in [5.74, 6) is -1.51. The highest BCUT2D eigenvalue weighted by molar-refractivity contribution is 7.12. The molecule has 1 amide bonds. The Kier molecular flexibility index (Phi) is 4.90. The van der Waals surface area contributed by atoms with E-state index in [0.717, 1.165) is 16.7 Å². The zero-order valence-corrected chi connectivity index (χ0v) is 13.9. The van der Waals surface area contributed by atoms with E-state index < -0.39 is 30.0 Å². The Balaban J connectivity index is 1.81. The summed E-state index contributed by atoms with van der Waals surface area (Å²) in [6.45, 7) is 0. The van der Waals surface area contributed by atoms with E-state index in [4.69, 9.17) is 0 Å². The molecule has 3 aromatic rings. The van der Waals surface area contributed by atoms with Gasteiger partial charge in [-0.1, -0.05) is 18.2 Å². The zero-order chi connectivity index (χ0) is 18.7. The van der Waals surface area contributed by atoms with E-state index >= 15 is 0 Å². The summed E-state index contributed by atoms with van der Waals surface area (Å²) in [5, 5.41) is 5.51. The fourth-order valence-corrected chi connectivity index (χ4v) is 3.00. The third kappa shape index (κ3) is 3.83. The van der Waals surface area contributed by atoms with Crippen molar-refractivity contribution in [3.8, 4) is 0 Å². The third-order valence-corrected chi connectivity index (χ3v) is 4.49. The number of aromatic amines is 1. The summed E-state index contributed by atoms with van der Waals surface area (Å²) in [5.41, 5.74) is 1.18. The first-order chi connectivity index (χ1) is 12.4. The van der Waals surface area contributed by atoms with Gasteiger partial charge in [-0.25, -0.2) is 5.43 Å². The molecule has 0 saturated heterocycles. The standard InChI is InChI=1S/C17H12F3N3O2S/c18-17(19,20)14(9-12(24)13-5-2-8-26-13)22-23-16(25)11-4-1-3-10-6-7-21-15(10)11/h1-8,21H,9H2,(H,23,25)/b22-14+. The van der Waals surface area contributed by atoms with E-state index in [1.54, 1.807) is 35.8 Å². The predicted molar refractivity (Wildman–Crippen MR) is 92.5 cm³/mol. The first-order valence-corrected chi connectivity index (χ1v) is 8.31. The molecule has 0 unspecified atom stereocenters. The SMILES string of the molecule is O=C(C/C(=N\NC(=O)c1cccc2cc[nH]c12)C(F)(F)F)c1cccs1. The lowest BCUT2D eigenvalue weighted by Gasteiger charge is -2.10. The first-order valence-electron chi connectivity index (χ1n) is 7.43. The number of para-hydroxylation sites is 1. The number of hydrazone groups is 1. The Labute approximate surface area is 149 Å². The molecule has 0 fully saturated rings. The number of nitrogens with one attached hydrogen (secondary N) is 2. The molecule has 1 aromatic carbocycles. The van der Waals surface area contributed by atoms with Gasteiger partial charge in [-0.15, -0.1) is 11.3 Å². The largest absolute Gasteiger partial charge is 0.431 e. The average molecular weight is 379 g/mol. The molecule has 2 heterocycles. The first kappa shape index (κ1) is 17.9. The highest BCUT2D eigenvalue weighted by Crippen LogP contribution is 2.22. The number of Topliss-reactive ketones (excluding diaryl/α,β-unsaturated/α-hetero) is 1. The molecule has 2 N–H and O–H groups in total. The van der Waals surface area contributed by atoms with Crippen LogP contribution >= 0.6 is 11.3 Å². The van der Waals surface area contributed by atoms with Crippen molar-refractivity contribution in [2.75, 3.05) is 0 Å². The maximum absolute atomic E-state index is 13.1. The van der Waals surface area contributed by atoms with Gasteiger partial charge in [0.15, 0.2) is 5.78 Å². The van der Waals surface area contributed by atoms with Crippen molar-refractivity contribution < 1.29 is 22.8 Å². The van der Waals surface area contributed by atoms with Crippen LogP contribution in [0.3, 0.4) is 0 Å². The number of halogens is 3. The zero-order valence-electron chi connectivity index (χ0n) is 13.1. The monoisotopic (exact) mass is 379 g/mol. The normalized spacial score (nSPS) is 12.3. The Bertz CT molecular complexity index is 975. The van der Waals surface area contributed by atoms with Crippen LogP contribution in [0.5, 0.6) is 0 Å². The summed E-state index contributed by atoms with van der Waals surface area (Å²) in [4.78, 5) is 27.2. The van der Waals surface area contributed by atoms with Crippen molar-refractivity contribution in [2.45, 2.75) is 12.6 Å². The van der Waals surface area contributed by atoms with Crippen LogP contribution in [0.15, 0.2) is 53.1 Å². The number of rotatable bonds is 5. The van der Waals surface area contributed by atoms with Crippen LogP contribution in [0, 0.1) is 0 Å². The lowest BCUT2D eigenvalue weighted by atomic mass is 10.1. The van der Waals surface area contributed by atoms with Gasteiger partial charge in [0, 0.05) is 11.6 Å². The topological polar surface area (TPSA) is 74.3 Å². The fourth-order valence-electron chi connectivity index (χ4n) is 2.33. The molecule has 0 aliphatic heterocycles. The minimum Gasteiger partial charge on any atom is -0.361 e. The van der Waals surface area contributed by atoms with E-state index in [-0.39, 0.29) is 10.4 Å². The Morgan fingerprint density at radius 3 is 2.65 bits per heavy atom. The minimum atomic E-state index is -4.83. The number of nitrogens with zero attached hydrogens (tertiary/aromatic N) is 1. The molecule has 2 aromatic heterocycles. The minimum absolute atomic E-state index is 0.155. The number of H-pyrrole nitrogens is 1.